The van der Waals surface area contributed by atoms with E-state index in [0.717, 1.165) is 18.4 Å². The molecular weight excluding hydrogens is 238 g/mol. The molecule has 16 heavy (non-hydrogen) atoms. The van der Waals surface area contributed by atoms with E-state index in [2.05, 4.69) is 0 Å². The molecule has 8 heteroatoms. The summed E-state index contributed by atoms with van der Waals surface area (Å²) in [7, 11) is -5.72. The maximum absolute atomic E-state index is 13.4. The standard InChI is InChI=1S/C8H10BFO5S/c1-16(14,15)8-3-5(9(12)13)2-7(10)6(8)4-11/h2-3,11-13H,4H2,1H3. The molecule has 0 amide bonds. The molecule has 3 N–H and O–H groups in total. The van der Waals surface area contributed by atoms with Gasteiger partial charge in [-0.3, -0.25) is 0 Å². The van der Waals surface area contributed by atoms with Gasteiger partial charge in [-0.25, -0.2) is 12.8 Å². The number of rotatable bonds is 3. The SMILES string of the molecule is CS(=O)(=O)c1cc(B(O)O)cc(F)c1CO. The Morgan fingerprint density at radius 3 is 2.31 bits per heavy atom. The number of hydrogen-bond donors (Lipinski definition) is 3. The van der Waals surface area contributed by atoms with Gasteiger partial charge in [-0.15, -0.1) is 0 Å². The summed E-state index contributed by atoms with van der Waals surface area (Å²) in [5.41, 5.74) is -0.665. The fourth-order valence-corrected chi connectivity index (χ4v) is 2.22. The third-order valence-electron chi connectivity index (χ3n) is 2.03. The average Bonchev–Trinajstić information content (AvgIpc) is 2.14. The number of aliphatic hydroxyl groups is 1. The lowest BCUT2D eigenvalue weighted by atomic mass is 9.80. The Morgan fingerprint density at radius 1 is 1.38 bits per heavy atom. The van der Waals surface area contributed by atoms with E-state index in [4.69, 9.17) is 15.2 Å². The normalized spacial score (nSPS) is 11.6. The van der Waals surface area contributed by atoms with Crippen molar-refractivity contribution in [3.8, 4) is 0 Å². The first-order chi connectivity index (χ1) is 7.27. The van der Waals surface area contributed by atoms with Gasteiger partial charge in [0.25, 0.3) is 0 Å². The van der Waals surface area contributed by atoms with Gasteiger partial charge < -0.3 is 15.2 Å². The van der Waals surface area contributed by atoms with Crippen molar-refractivity contribution in [1.82, 2.24) is 0 Å². The summed E-state index contributed by atoms with van der Waals surface area (Å²) in [4.78, 5) is -0.446. The summed E-state index contributed by atoms with van der Waals surface area (Å²) in [5, 5.41) is 26.5. The molecule has 88 valence electrons. The third-order valence-corrected chi connectivity index (χ3v) is 3.20. The first-order valence-electron chi connectivity index (χ1n) is 4.26. The van der Waals surface area contributed by atoms with Gasteiger partial charge >= 0.3 is 7.12 Å². The Balaban J connectivity index is 3.56. The van der Waals surface area contributed by atoms with Gasteiger partial charge in [0.15, 0.2) is 9.84 Å². The minimum atomic E-state index is -3.75. The van der Waals surface area contributed by atoms with Gasteiger partial charge in [-0.05, 0) is 17.6 Å². The summed E-state index contributed by atoms with van der Waals surface area (Å²) in [6, 6.07) is 1.69. The van der Waals surface area contributed by atoms with Crippen molar-refractivity contribution in [3.05, 3.63) is 23.5 Å². The second kappa shape index (κ2) is 4.50. The van der Waals surface area contributed by atoms with Crippen molar-refractivity contribution in [2.45, 2.75) is 11.5 Å². The lowest BCUT2D eigenvalue weighted by Gasteiger charge is -2.09. The van der Waals surface area contributed by atoms with Gasteiger partial charge in [0.2, 0.25) is 0 Å². The number of benzene rings is 1. The van der Waals surface area contributed by atoms with Crippen LogP contribution in [0.4, 0.5) is 4.39 Å². The largest absolute Gasteiger partial charge is 0.488 e. The zero-order valence-electron chi connectivity index (χ0n) is 8.38. The van der Waals surface area contributed by atoms with Crippen molar-refractivity contribution < 1.29 is 28.0 Å². The van der Waals surface area contributed by atoms with Gasteiger partial charge in [0.1, 0.15) is 5.82 Å². The van der Waals surface area contributed by atoms with Gasteiger partial charge in [0.05, 0.1) is 11.5 Å². The number of sulfone groups is 1. The predicted molar refractivity (Wildman–Crippen MR) is 55.3 cm³/mol. The summed E-state index contributed by atoms with van der Waals surface area (Å²) in [6.07, 6.45) is 0.842. The Labute approximate surface area is 92.2 Å². The maximum atomic E-state index is 13.4. The van der Waals surface area contributed by atoms with Crippen LogP contribution in [0.5, 0.6) is 0 Å². The monoisotopic (exact) mass is 248 g/mol. The third kappa shape index (κ3) is 2.59. The minimum Gasteiger partial charge on any atom is -0.423 e. The Morgan fingerprint density at radius 2 is 1.94 bits per heavy atom. The lowest BCUT2D eigenvalue weighted by Crippen LogP contribution is -2.31. The highest BCUT2D eigenvalue weighted by molar-refractivity contribution is 7.90. The van der Waals surface area contributed by atoms with Crippen LogP contribution in [0, 0.1) is 5.82 Å². The molecule has 0 aromatic heterocycles. The molecule has 5 nitrogen and oxygen atoms in total. The maximum Gasteiger partial charge on any atom is 0.488 e. The Kier molecular flexibility index (Phi) is 3.69. The van der Waals surface area contributed by atoms with Gasteiger partial charge in [0, 0.05) is 11.8 Å². The van der Waals surface area contributed by atoms with E-state index in [-0.39, 0.29) is 11.0 Å². The molecule has 0 aliphatic carbocycles. The molecule has 0 aliphatic rings. The van der Waals surface area contributed by atoms with Crippen molar-refractivity contribution in [3.63, 3.8) is 0 Å². The average molecular weight is 248 g/mol. The molecule has 0 fully saturated rings. The molecule has 1 aromatic carbocycles. The molecular formula is C8H10BFO5S. The molecule has 0 bridgehead atoms. The van der Waals surface area contributed by atoms with Crippen LogP contribution in [0.1, 0.15) is 5.56 Å². The second-order valence-electron chi connectivity index (χ2n) is 3.28. The first-order valence-corrected chi connectivity index (χ1v) is 6.16. The molecule has 0 radical (unpaired) electrons. The van der Waals surface area contributed by atoms with Crippen LogP contribution < -0.4 is 5.46 Å². The van der Waals surface area contributed by atoms with E-state index in [1.165, 1.54) is 0 Å². The molecule has 1 aromatic rings. The molecule has 0 atom stereocenters. The van der Waals surface area contributed by atoms with E-state index in [1.54, 1.807) is 0 Å². The van der Waals surface area contributed by atoms with Gasteiger partial charge in [-0.2, -0.15) is 0 Å². The highest BCUT2D eigenvalue weighted by Gasteiger charge is 2.22. The van der Waals surface area contributed by atoms with Crippen LogP contribution in [0.15, 0.2) is 17.0 Å². The molecule has 0 aliphatic heterocycles. The summed E-state index contributed by atoms with van der Waals surface area (Å²) >= 11 is 0. The van der Waals surface area contributed by atoms with E-state index in [1.807, 2.05) is 0 Å². The highest BCUT2D eigenvalue weighted by atomic mass is 32.2. The number of hydrogen-bond acceptors (Lipinski definition) is 5. The number of halogens is 1. The molecule has 0 saturated carbocycles. The predicted octanol–water partition coefficient (Wildman–Crippen LogP) is -1.60. The van der Waals surface area contributed by atoms with E-state index >= 15 is 0 Å². The first kappa shape index (κ1) is 13.1. The fraction of sp³-hybridized carbons (Fsp3) is 0.250. The van der Waals surface area contributed by atoms with Crippen LogP contribution in [0.2, 0.25) is 0 Å². The van der Waals surface area contributed by atoms with Crippen LogP contribution in [0.25, 0.3) is 0 Å². The Bertz CT molecular complexity index is 499. The quantitative estimate of drug-likeness (QED) is 0.560. The van der Waals surface area contributed by atoms with Crippen LogP contribution in [-0.4, -0.2) is 36.9 Å². The van der Waals surface area contributed by atoms with Crippen LogP contribution in [0.3, 0.4) is 0 Å². The Hall–Kier alpha value is -0.955. The lowest BCUT2D eigenvalue weighted by molar-refractivity contribution is 0.272. The fourth-order valence-electron chi connectivity index (χ4n) is 1.26. The van der Waals surface area contributed by atoms with Gasteiger partial charge in [-0.1, -0.05) is 0 Å². The zero-order chi connectivity index (χ0) is 12.5. The molecule has 0 unspecified atom stereocenters. The zero-order valence-corrected chi connectivity index (χ0v) is 9.20. The van der Waals surface area contributed by atoms with Crippen molar-refractivity contribution in [2.24, 2.45) is 0 Å². The van der Waals surface area contributed by atoms with Crippen LogP contribution >= 0.6 is 0 Å². The molecule has 0 heterocycles. The minimum absolute atomic E-state index is 0.282. The van der Waals surface area contributed by atoms with E-state index in [9.17, 15) is 12.8 Å². The van der Waals surface area contributed by atoms with Crippen molar-refractivity contribution in [2.75, 3.05) is 6.26 Å². The van der Waals surface area contributed by atoms with Crippen molar-refractivity contribution in [1.29, 1.82) is 0 Å². The summed E-state index contributed by atoms with van der Waals surface area (Å²) in [5.74, 6) is -0.992. The van der Waals surface area contributed by atoms with Crippen LogP contribution in [-0.2, 0) is 16.4 Å². The smallest absolute Gasteiger partial charge is 0.423 e. The topological polar surface area (TPSA) is 94.8 Å². The van der Waals surface area contributed by atoms with E-state index < -0.39 is 34.3 Å². The second-order valence-corrected chi connectivity index (χ2v) is 5.27. The molecule has 0 saturated heterocycles. The molecule has 1 rings (SSSR count). The number of aliphatic hydroxyl groups excluding tert-OH is 1. The highest BCUT2D eigenvalue weighted by Crippen LogP contribution is 2.17. The van der Waals surface area contributed by atoms with E-state index in [0.29, 0.717) is 0 Å². The summed E-state index contributed by atoms with van der Waals surface area (Å²) in [6.45, 7) is -0.782. The van der Waals surface area contributed by atoms with Crippen molar-refractivity contribution >= 4 is 22.4 Å². The molecule has 0 spiro atoms. The summed E-state index contributed by atoms with van der Waals surface area (Å²) < 4.78 is 36.0.